The van der Waals surface area contributed by atoms with E-state index in [-0.39, 0.29) is 12.4 Å². The molecule has 2 atom stereocenters. The third-order valence-corrected chi connectivity index (χ3v) is 4.99. The molecule has 0 saturated carbocycles. The van der Waals surface area contributed by atoms with Crippen LogP contribution in [-0.4, -0.2) is 57.2 Å². The fourth-order valence-electron chi connectivity index (χ4n) is 3.39. The number of rotatable bonds is 2. The monoisotopic (exact) mass is 377 g/mol. The number of halogens is 1. The van der Waals surface area contributed by atoms with Crippen LogP contribution in [-0.2, 0) is 13.0 Å². The quantitative estimate of drug-likeness (QED) is 0.748. The van der Waals surface area contributed by atoms with Crippen molar-refractivity contribution in [2.24, 2.45) is 0 Å². The average molecular weight is 377 g/mol. The molecule has 3 rings (SSSR count). The van der Waals surface area contributed by atoms with Gasteiger partial charge in [-0.3, -0.25) is 10.00 Å². The first-order valence-electron chi connectivity index (χ1n) is 9.60. The average Bonchev–Trinajstić information content (AvgIpc) is 3.16. The number of aliphatic hydroxyl groups is 2. The molecule has 1 aliphatic rings. The zero-order chi connectivity index (χ0) is 19.1. The second kappa shape index (κ2) is 9.82. The number of aryl methyl sites for hydroxylation is 1. The number of H-pyrrole nitrogens is 1. The van der Waals surface area contributed by atoms with E-state index >= 15 is 0 Å². The van der Waals surface area contributed by atoms with Gasteiger partial charge in [-0.05, 0) is 62.1 Å². The Hall–Kier alpha value is -1.96. The van der Waals surface area contributed by atoms with Crippen molar-refractivity contribution in [3.63, 3.8) is 0 Å². The molecular weight excluding hydrogens is 349 g/mol. The molecule has 1 aliphatic heterocycles. The van der Waals surface area contributed by atoms with E-state index < -0.39 is 12.2 Å². The van der Waals surface area contributed by atoms with Crippen LogP contribution in [0.4, 0.5) is 4.39 Å². The highest BCUT2D eigenvalue weighted by Gasteiger charge is 2.20. The lowest BCUT2D eigenvalue weighted by molar-refractivity contribution is -0.0163. The minimum absolute atomic E-state index is 0.0135. The molecule has 0 fully saturated rings. The third kappa shape index (κ3) is 6.02. The highest BCUT2D eigenvalue weighted by Crippen LogP contribution is 2.23. The predicted molar refractivity (Wildman–Crippen MR) is 99.9 cm³/mol. The zero-order valence-electron chi connectivity index (χ0n) is 15.5. The van der Waals surface area contributed by atoms with Gasteiger partial charge in [0.25, 0.3) is 0 Å². The van der Waals surface area contributed by atoms with E-state index in [0.29, 0.717) is 18.7 Å². The number of aliphatic hydroxyl groups excluding tert-OH is 2. The van der Waals surface area contributed by atoms with Gasteiger partial charge in [0.15, 0.2) is 0 Å². The topological polar surface area (TPSA) is 81.6 Å². The molecule has 1 aromatic heterocycles. The number of aromatic nitrogens is 2. The van der Waals surface area contributed by atoms with Gasteiger partial charge < -0.3 is 14.9 Å². The minimum atomic E-state index is -0.986. The van der Waals surface area contributed by atoms with E-state index in [1.165, 1.54) is 12.1 Å². The maximum atomic E-state index is 13.6. The van der Waals surface area contributed by atoms with Gasteiger partial charge >= 0.3 is 0 Å². The fraction of sp³-hybridized carbons (Fsp3) is 0.550. The molecule has 2 aromatic rings. The van der Waals surface area contributed by atoms with Crippen LogP contribution in [0.1, 0.15) is 36.9 Å². The van der Waals surface area contributed by atoms with E-state index in [1.807, 2.05) is 6.07 Å². The Morgan fingerprint density at radius 3 is 2.85 bits per heavy atom. The summed E-state index contributed by atoms with van der Waals surface area (Å²) in [6.07, 6.45) is 4.04. The molecule has 7 heteroatoms. The maximum Gasteiger partial charge on any atom is 0.123 e. The van der Waals surface area contributed by atoms with Crippen molar-refractivity contribution in [2.45, 2.75) is 50.9 Å². The first kappa shape index (κ1) is 19.8. The number of hydrogen-bond donors (Lipinski definition) is 3. The van der Waals surface area contributed by atoms with Crippen LogP contribution in [0.15, 0.2) is 30.5 Å². The summed E-state index contributed by atoms with van der Waals surface area (Å²) in [7, 11) is 0. The molecule has 0 aliphatic carbocycles. The Kier molecular flexibility index (Phi) is 7.20. The summed E-state index contributed by atoms with van der Waals surface area (Å²) in [5, 5.41) is 27.5. The highest BCUT2D eigenvalue weighted by molar-refractivity contribution is 5.34. The first-order chi connectivity index (χ1) is 13.1. The molecule has 6 nitrogen and oxygen atoms in total. The van der Waals surface area contributed by atoms with E-state index in [9.17, 15) is 14.6 Å². The lowest BCUT2D eigenvalue weighted by Gasteiger charge is -2.25. The van der Waals surface area contributed by atoms with Crippen LogP contribution in [0.25, 0.3) is 0 Å². The number of fused-ring (bicyclic) bond motifs is 1. The third-order valence-electron chi connectivity index (χ3n) is 4.99. The van der Waals surface area contributed by atoms with Gasteiger partial charge in [0.05, 0.1) is 6.10 Å². The molecular formula is C20H28FN3O3. The van der Waals surface area contributed by atoms with Crippen molar-refractivity contribution >= 4 is 0 Å². The molecule has 0 spiro atoms. The normalized spacial score (nSPS) is 23.2. The van der Waals surface area contributed by atoms with Crippen LogP contribution >= 0.6 is 0 Å². The van der Waals surface area contributed by atoms with Crippen LogP contribution < -0.4 is 4.74 Å². The second-order valence-electron chi connectivity index (χ2n) is 7.16. The number of hydrogen-bond acceptors (Lipinski definition) is 5. The Morgan fingerprint density at radius 1 is 1.15 bits per heavy atom. The van der Waals surface area contributed by atoms with Crippen LogP contribution in [0.2, 0.25) is 0 Å². The minimum Gasteiger partial charge on any atom is -0.491 e. The number of aromatic amines is 1. The summed E-state index contributed by atoms with van der Waals surface area (Å²) >= 11 is 0. The molecule has 0 amide bonds. The van der Waals surface area contributed by atoms with E-state index in [2.05, 4.69) is 15.1 Å². The molecule has 2 heterocycles. The Balaban J connectivity index is 1.66. The largest absolute Gasteiger partial charge is 0.491 e. The summed E-state index contributed by atoms with van der Waals surface area (Å²) in [6.45, 7) is 2.29. The predicted octanol–water partition coefficient (Wildman–Crippen LogP) is 2.27. The number of nitrogens with zero attached hydrogens (tertiary/aromatic N) is 2. The van der Waals surface area contributed by atoms with Crippen LogP contribution in [0.5, 0.6) is 5.75 Å². The van der Waals surface area contributed by atoms with Crippen molar-refractivity contribution in [3.05, 3.63) is 47.5 Å². The molecule has 1 aromatic carbocycles. The van der Waals surface area contributed by atoms with Crippen molar-refractivity contribution in [1.82, 2.24) is 15.1 Å². The lowest BCUT2D eigenvalue weighted by Crippen LogP contribution is -2.36. The van der Waals surface area contributed by atoms with Gasteiger partial charge in [-0.15, -0.1) is 0 Å². The maximum absolute atomic E-state index is 13.6. The van der Waals surface area contributed by atoms with Crippen molar-refractivity contribution < 1.29 is 19.3 Å². The fourth-order valence-corrected chi connectivity index (χ4v) is 3.39. The SMILES string of the molecule is O[C@@H]1COc2ccc(F)cc2CCCCCN(Cc2ccn[nH]2)CC[C@@H]1O. The van der Waals surface area contributed by atoms with E-state index in [4.69, 9.17) is 4.74 Å². The molecule has 3 N–H and O–H groups in total. The Bertz CT molecular complexity index is 696. The van der Waals surface area contributed by atoms with Gasteiger partial charge in [0, 0.05) is 25.0 Å². The second-order valence-corrected chi connectivity index (χ2v) is 7.16. The molecule has 0 bridgehead atoms. The standard InChI is InChI=1S/C20H28FN3O3/c21-16-5-6-20-15(12-16)4-2-1-3-10-24(13-17-7-9-22-23-17)11-8-18(25)19(26)14-27-20/h5-7,9,12,18-19,25-26H,1-4,8,10-11,13-14H2,(H,22,23)/t18-,19+/m0/s1. The van der Waals surface area contributed by atoms with Crippen molar-refractivity contribution in [3.8, 4) is 5.75 Å². The van der Waals surface area contributed by atoms with Crippen molar-refractivity contribution in [2.75, 3.05) is 19.7 Å². The van der Waals surface area contributed by atoms with Gasteiger partial charge in [-0.2, -0.15) is 5.10 Å². The molecule has 0 saturated heterocycles. The summed E-state index contributed by atoms with van der Waals surface area (Å²) in [5.74, 6) is 0.297. The van der Waals surface area contributed by atoms with E-state index in [1.54, 1.807) is 12.3 Å². The summed E-state index contributed by atoms with van der Waals surface area (Å²) in [5.41, 5.74) is 1.84. The molecule has 27 heavy (non-hydrogen) atoms. The van der Waals surface area contributed by atoms with Gasteiger partial charge in [-0.25, -0.2) is 4.39 Å². The number of benzene rings is 1. The van der Waals surface area contributed by atoms with Gasteiger partial charge in [0.1, 0.15) is 24.3 Å². The summed E-state index contributed by atoms with van der Waals surface area (Å²) in [6, 6.07) is 6.39. The molecule has 0 radical (unpaired) electrons. The highest BCUT2D eigenvalue weighted by atomic mass is 19.1. The Labute approximate surface area is 159 Å². The molecule has 148 valence electrons. The van der Waals surface area contributed by atoms with Crippen molar-refractivity contribution in [1.29, 1.82) is 0 Å². The Morgan fingerprint density at radius 2 is 2.04 bits per heavy atom. The smallest absolute Gasteiger partial charge is 0.123 e. The summed E-state index contributed by atoms with van der Waals surface area (Å²) in [4.78, 5) is 2.25. The van der Waals surface area contributed by atoms with E-state index in [0.717, 1.165) is 50.0 Å². The summed E-state index contributed by atoms with van der Waals surface area (Å²) < 4.78 is 19.3. The zero-order valence-corrected chi connectivity index (χ0v) is 15.5. The first-order valence-corrected chi connectivity index (χ1v) is 9.60. The van der Waals surface area contributed by atoms with Gasteiger partial charge in [0.2, 0.25) is 0 Å². The number of ether oxygens (including phenoxy) is 1. The number of nitrogens with one attached hydrogen (secondary N) is 1. The van der Waals surface area contributed by atoms with Gasteiger partial charge in [-0.1, -0.05) is 6.42 Å². The van der Waals surface area contributed by atoms with Crippen LogP contribution in [0, 0.1) is 5.82 Å². The molecule has 0 unspecified atom stereocenters. The lowest BCUT2D eigenvalue weighted by atomic mass is 10.0. The van der Waals surface area contributed by atoms with Crippen LogP contribution in [0.3, 0.4) is 0 Å².